The van der Waals surface area contributed by atoms with E-state index in [1.54, 1.807) is 0 Å². The third kappa shape index (κ3) is 5.68. The fourth-order valence-electron chi connectivity index (χ4n) is 2.80. The van der Waals surface area contributed by atoms with E-state index < -0.39 is 11.7 Å². The molecule has 0 aromatic heterocycles. The zero-order chi connectivity index (χ0) is 16.2. The van der Waals surface area contributed by atoms with Crippen LogP contribution in [-0.2, 0) is 11.3 Å². The molecule has 1 aromatic carbocycles. The number of rotatable bonds is 3. The average Bonchev–Trinajstić information content (AvgIpc) is 2.39. The van der Waals surface area contributed by atoms with Gasteiger partial charge in [0, 0.05) is 18.8 Å². The highest BCUT2D eigenvalue weighted by Gasteiger charge is 2.17. The Labute approximate surface area is 133 Å². The Kier molecular flexibility index (Phi) is 5.46. The Hall–Kier alpha value is -1.55. The highest BCUT2D eigenvalue weighted by Crippen LogP contribution is 2.19. The SMILES string of the molecule is CC1CCCN(Cc2ccc(NC(=O)OC(C)(C)C)cc2)C1. The number of amides is 1. The van der Waals surface area contributed by atoms with Crippen LogP contribution in [0.25, 0.3) is 0 Å². The van der Waals surface area contributed by atoms with E-state index >= 15 is 0 Å². The number of carbonyl (C=O) groups is 1. The lowest BCUT2D eigenvalue weighted by molar-refractivity contribution is 0.0636. The fourth-order valence-corrected chi connectivity index (χ4v) is 2.80. The quantitative estimate of drug-likeness (QED) is 0.907. The van der Waals surface area contributed by atoms with Crippen LogP contribution in [0.3, 0.4) is 0 Å². The summed E-state index contributed by atoms with van der Waals surface area (Å²) >= 11 is 0. The third-order valence-corrected chi connectivity index (χ3v) is 3.75. The molecule has 1 atom stereocenters. The van der Waals surface area contributed by atoms with Gasteiger partial charge in [-0.15, -0.1) is 0 Å². The summed E-state index contributed by atoms with van der Waals surface area (Å²) in [6, 6.07) is 8.03. The Balaban J connectivity index is 1.86. The van der Waals surface area contributed by atoms with Crippen molar-refractivity contribution in [3.05, 3.63) is 29.8 Å². The molecule has 4 nitrogen and oxygen atoms in total. The van der Waals surface area contributed by atoms with Crippen LogP contribution in [0.5, 0.6) is 0 Å². The summed E-state index contributed by atoms with van der Waals surface area (Å²) in [6.45, 7) is 11.2. The maximum Gasteiger partial charge on any atom is 0.412 e. The van der Waals surface area contributed by atoms with E-state index in [1.165, 1.54) is 31.5 Å². The predicted molar refractivity (Wildman–Crippen MR) is 90.0 cm³/mol. The number of likely N-dealkylation sites (tertiary alicyclic amines) is 1. The highest BCUT2D eigenvalue weighted by molar-refractivity contribution is 5.84. The van der Waals surface area contributed by atoms with Gasteiger partial charge < -0.3 is 4.74 Å². The van der Waals surface area contributed by atoms with Crippen LogP contribution >= 0.6 is 0 Å². The molecule has 4 heteroatoms. The van der Waals surface area contributed by atoms with Gasteiger partial charge in [-0.05, 0) is 63.8 Å². The topological polar surface area (TPSA) is 41.6 Å². The molecule has 0 radical (unpaired) electrons. The lowest BCUT2D eigenvalue weighted by Gasteiger charge is -2.30. The number of benzene rings is 1. The van der Waals surface area contributed by atoms with E-state index in [0.29, 0.717) is 0 Å². The van der Waals surface area contributed by atoms with E-state index in [9.17, 15) is 4.79 Å². The Morgan fingerprint density at radius 3 is 2.59 bits per heavy atom. The van der Waals surface area contributed by atoms with Gasteiger partial charge >= 0.3 is 6.09 Å². The summed E-state index contributed by atoms with van der Waals surface area (Å²) in [5.41, 5.74) is 1.57. The van der Waals surface area contributed by atoms with Gasteiger partial charge in [0.1, 0.15) is 5.60 Å². The molecule has 1 saturated heterocycles. The first-order chi connectivity index (χ1) is 10.3. The first-order valence-electron chi connectivity index (χ1n) is 8.13. The number of hydrogen-bond donors (Lipinski definition) is 1. The molecule has 1 fully saturated rings. The number of hydrogen-bond acceptors (Lipinski definition) is 3. The van der Waals surface area contributed by atoms with E-state index in [4.69, 9.17) is 4.74 Å². The molecule has 1 heterocycles. The second kappa shape index (κ2) is 7.14. The first-order valence-corrected chi connectivity index (χ1v) is 8.13. The summed E-state index contributed by atoms with van der Waals surface area (Å²) < 4.78 is 5.25. The van der Waals surface area contributed by atoms with Gasteiger partial charge in [0.25, 0.3) is 0 Å². The zero-order valence-electron chi connectivity index (χ0n) is 14.2. The second-order valence-electron chi connectivity index (χ2n) is 7.31. The molecular weight excluding hydrogens is 276 g/mol. The Morgan fingerprint density at radius 1 is 1.32 bits per heavy atom. The molecule has 1 N–H and O–H groups in total. The minimum atomic E-state index is -0.477. The molecule has 0 bridgehead atoms. The van der Waals surface area contributed by atoms with Gasteiger partial charge in [0.05, 0.1) is 0 Å². The number of piperidine rings is 1. The molecule has 0 aliphatic carbocycles. The van der Waals surface area contributed by atoms with Crippen molar-refractivity contribution < 1.29 is 9.53 Å². The molecule has 122 valence electrons. The van der Waals surface area contributed by atoms with Crippen LogP contribution in [0.2, 0.25) is 0 Å². The second-order valence-corrected chi connectivity index (χ2v) is 7.31. The molecule has 1 aromatic rings. The van der Waals surface area contributed by atoms with Gasteiger partial charge in [0.15, 0.2) is 0 Å². The number of carbonyl (C=O) groups excluding carboxylic acids is 1. The van der Waals surface area contributed by atoms with Gasteiger partial charge in [-0.2, -0.15) is 0 Å². The van der Waals surface area contributed by atoms with Gasteiger partial charge in [0.2, 0.25) is 0 Å². The lowest BCUT2D eigenvalue weighted by atomic mass is 10.00. The van der Waals surface area contributed by atoms with Crippen molar-refractivity contribution in [3.8, 4) is 0 Å². The molecular formula is C18H28N2O2. The smallest absolute Gasteiger partial charge is 0.412 e. The summed E-state index contributed by atoms with van der Waals surface area (Å²) in [4.78, 5) is 14.2. The summed E-state index contributed by atoms with van der Waals surface area (Å²) in [7, 11) is 0. The Bertz CT molecular complexity index is 491. The van der Waals surface area contributed by atoms with Crippen LogP contribution in [-0.4, -0.2) is 29.7 Å². The number of anilines is 1. The fraction of sp³-hybridized carbons (Fsp3) is 0.611. The molecule has 1 unspecified atom stereocenters. The predicted octanol–water partition coefficient (Wildman–Crippen LogP) is 4.27. The summed E-state index contributed by atoms with van der Waals surface area (Å²) in [6.07, 6.45) is 2.22. The maximum absolute atomic E-state index is 11.7. The van der Waals surface area contributed by atoms with E-state index in [2.05, 4.69) is 29.3 Å². The Morgan fingerprint density at radius 2 is 2.00 bits per heavy atom. The van der Waals surface area contributed by atoms with E-state index in [-0.39, 0.29) is 0 Å². The van der Waals surface area contributed by atoms with Gasteiger partial charge in [-0.3, -0.25) is 10.2 Å². The number of nitrogens with one attached hydrogen (secondary N) is 1. The van der Waals surface area contributed by atoms with E-state index in [1.807, 2.05) is 32.9 Å². The molecule has 0 saturated carbocycles. The summed E-state index contributed by atoms with van der Waals surface area (Å²) in [5.74, 6) is 0.793. The minimum absolute atomic E-state index is 0.412. The van der Waals surface area contributed by atoms with Crippen molar-refractivity contribution in [2.24, 2.45) is 5.92 Å². The van der Waals surface area contributed by atoms with Crippen molar-refractivity contribution in [2.45, 2.75) is 52.7 Å². The van der Waals surface area contributed by atoms with Crippen molar-refractivity contribution in [3.63, 3.8) is 0 Å². The average molecular weight is 304 g/mol. The third-order valence-electron chi connectivity index (χ3n) is 3.75. The zero-order valence-corrected chi connectivity index (χ0v) is 14.2. The van der Waals surface area contributed by atoms with Crippen LogP contribution in [0, 0.1) is 5.92 Å². The minimum Gasteiger partial charge on any atom is -0.444 e. The standard InChI is InChI=1S/C18H28N2O2/c1-14-6-5-11-20(12-14)13-15-7-9-16(10-8-15)19-17(21)22-18(2,3)4/h7-10,14H,5-6,11-13H2,1-4H3,(H,19,21). The van der Waals surface area contributed by atoms with Crippen LogP contribution in [0.4, 0.5) is 10.5 Å². The van der Waals surface area contributed by atoms with Crippen LogP contribution < -0.4 is 5.32 Å². The lowest BCUT2D eigenvalue weighted by Crippen LogP contribution is -2.33. The van der Waals surface area contributed by atoms with Gasteiger partial charge in [-0.1, -0.05) is 19.1 Å². The molecule has 1 aliphatic heterocycles. The normalized spacial score (nSPS) is 19.7. The number of ether oxygens (including phenoxy) is 1. The molecule has 1 aliphatic rings. The van der Waals surface area contributed by atoms with Crippen molar-refractivity contribution in [1.82, 2.24) is 4.90 Å². The maximum atomic E-state index is 11.7. The first kappa shape index (κ1) is 16.8. The monoisotopic (exact) mass is 304 g/mol. The molecule has 1 amide bonds. The molecule has 0 spiro atoms. The van der Waals surface area contributed by atoms with Gasteiger partial charge in [-0.25, -0.2) is 4.79 Å². The van der Waals surface area contributed by atoms with Crippen LogP contribution in [0.1, 0.15) is 46.1 Å². The molecule has 2 rings (SSSR count). The highest BCUT2D eigenvalue weighted by atomic mass is 16.6. The van der Waals surface area contributed by atoms with E-state index in [0.717, 1.165) is 18.2 Å². The summed E-state index contributed by atoms with van der Waals surface area (Å²) in [5, 5.41) is 2.76. The van der Waals surface area contributed by atoms with Crippen molar-refractivity contribution in [1.29, 1.82) is 0 Å². The van der Waals surface area contributed by atoms with Crippen molar-refractivity contribution >= 4 is 11.8 Å². The largest absolute Gasteiger partial charge is 0.444 e. The van der Waals surface area contributed by atoms with Crippen molar-refractivity contribution in [2.75, 3.05) is 18.4 Å². The number of nitrogens with zero attached hydrogens (tertiary/aromatic N) is 1. The van der Waals surface area contributed by atoms with Crippen LogP contribution in [0.15, 0.2) is 24.3 Å². The molecule has 22 heavy (non-hydrogen) atoms.